The smallest absolute Gasteiger partial charge is 0.288 e. The van der Waals surface area contributed by atoms with Crippen LogP contribution >= 0.6 is 0 Å². The summed E-state index contributed by atoms with van der Waals surface area (Å²) in [6.45, 7) is 6.88. The fourth-order valence-corrected chi connectivity index (χ4v) is 1.87. The van der Waals surface area contributed by atoms with Crippen LogP contribution in [0.5, 0.6) is 0 Å². The van der Waals surface area contributed by atoms with E-state index >= 15 is 0 Å². The molecule has 2 N–H and O–H groups in total. The van der Waals surface area contributed by atoms with Crippen molar-refractivity contribution in [2.24, 2.45) is 0 Å². The number of rotatable bonds is 2. The number of halogens is 1. The van der Waals surface area contributed by atoms with Gasteiger partial charge in [0.2, 0.25) is 11.8 Å². The monoisotopic (exact) mass is 240 g/mol. The zero-order valence-electron chi connectivity index (χ0n) is 10.1. The van der Waals surface area contributed by atoms with E-state index in [2.05, 4.69) is 15.3 Å². The Morgan fingerprint density at radius 3 is 2.59 bits per heavy atom. The summed E-state index contributed by atoms with van der Waals surface area (Å²) in [4.78, 5) is 20.2. The molecule has 0 atom stereocenters. The van der Waals surface area contributed by atoms with Crippen LogP contribution in [0, 0.1) is 5.82 Å². The van der Waals surface area contributed by atoms with Crippen LogP contribution < -0.4 is 15.8 Å². The lowest BCUT2D eigenvalue weighted by atomic mass is 10.1. The maximum atomic E-state index is 13.6. The van der Waals surface area contributed by atoms with Crippen LogP contribution in [0.15, 0.2) is 4.79 Å². The van der Waals surface area contributed by atoms with Gasteiger partial charge in [0.15, 0.2) is 0 Å². The lowest BCUT2D eigenvalue weighted by Gasteiger charge is -2.28. The third-order valence-electron chi connectivity index (χ3n) is 2.84. The Balaban J connectivity index is 2.37. The van der Waals surface area contributed by atoms with Crippen molar-refractivity contribution in [1.29, 1.82) is 0 Å². The SMILES string of the molecule is CC(C)c1nc(N2CCNCC2)[nH]c(=O)c1F. The third kappa shape index (κ3) is 2.46. The number of hydrogen-bond acceptors (Lipinski definition) is 4. The predicted molar refractivity (Wildman–Crippen MR) is 64.0 cm³/mol. The van der Waals surface area contributed by atoms with Gasteiger partial charge in [-0.25, -0.2) is 4.98 Å². The molecule has 2 rings (SSSR count). The van der Waals surface area contributed by atoms with Gasteiger partial charge in [0.05, 0.1) is 5.69 Å². The van der Waals surface area contributed by atoms with Gasteiger partial charge >= 0.3 is 0 Å². The standard InChI is InChI=1S/C11H17FN4O/c1-7(2)9-8(12)10(17)15-11(14-9)16-5-3-13-4-6-16/h7,13H,3-6H2,1-2H3,(H,14,15,17). The molecule has 0 saturated carbocycles. The Kier molecular flexibility index (Phi) is 3.42. The average molecular weight is 240 g/mol. The number of aromatic amines is 1. The number of hydrogen-bond donors (Lipinski definition) is 2. The Bertz CT molecular complexity index is 451. The van der Waals surface area contributed by atoms with E-state index in [-0.39, 0.29) is 11.6 Å². The number of H-pyrrole nitrogens is 1. The van der Waals surface area contributed by atoms with E-state index in [4.69, 9.17) is 0 Å². The number of nitrogens with zero attached hydrogens (tertiary/aromatic N) is 2. The van der Waals surface area contributed by atoms with Crippen LogP contribution in [0.2, 0.25) is 0 Å². The average Bonchev–Trinajstić information content (AvgIpc) is 2.33. The molecule has 0 amide bonds. The highest BCUT2D eigenvalue weighted by Gasteiger charge is 2.18. The van der Waals surface area contributed by atoms with E-state index in [9.17, 15) is 9.18 Å². The highest BCUT2D eigenvalue weighted by atomic mass is 19.1. The Labute approximate surface area is 99.1 Å². The van der Waals surface area contributed by atoms with E-state index in [1.165, 1.54) is 0 Å². The Hall–Kier alpha value is -1.43. The fraction of sp³-hybridized carbons (Fsp3) is 0.636. The molecule has 0 aromatic carbocycles. The second-order valence-electron chi connectivity index (χ2n) is 4.48. The molecular formula is C11H17FN4O. The van der Waals surface area contributed by atoms with Crippen molar-refractivity contribution in [2.45, 2.75) is 19.8 Å². The number of piperazine rings is 1. The summed E-state index contributed by atoms with van der Waals surface area (Å²) in [6, 6.07) is 0. The molecule has 2 heterocycles. The van der Waals surface area contributed by atoms with E-state index in [0.717, 1.165) is 26.2 Å². The number of nitrogens with one attached hydrogen (secondary N) is 2. The molecule has 1 aromatic rings. The molecule has 0 unspecified atom stereocenters. The van der Waals surface area contributed by atoms with Crippen LogP contribution in [0.3, 0.4) is 0 Å². The minimum absolute atomic E-state index is 0.0982. The minimum Gasteiger partial charge on any atom is -0.340 e. The second-order valence-corrected chi connectivity index (χ2v) is 4.48. The number of anilines is 1. The summed E-state index contributed by atoms with van der Waals surface area (Å²) < 4.78 is 13.6. The zero-order chi connectivity index (χ0) is 12.4. The van der Waals surface area contributed by atoms with Crippen molar-refractivity contribution in [2.75, 3.05) is 31.1 Å². The first-order valence-corrected chi connectivity index (χ1v) is 5.85. The molecule has 0 spiro atoms. The van der Waals surface area contributed by atoms with Crippen molar-refractivity contribution < 1.29 is 4.39 Å². The van der Waals surface area contributed by atoms with Crippen molar-refractivity contribution in [1.82, 2.24) is 15.3 Å². The molecule has 1 aromatic heterocycles. The maximum absolute atomic E-state index is 13.6. The Morgan fingerprint density at radius 1 is 1.35 bits per heavy atom. The second kappa shape index (κ2) is 4.83. The first-order chi connectivity index (χ1) is 8.09. The summed E-state index contributed by atoms with van der Waals surface area (Å²) in [6.07, 6.45) is 0. The van der Waals surface area contributed by atoms with E-state index in [0.29, 0.717) is 5.95 Å². The van der Waals surface area contributed by atoms with Gasteiger partial charge in [0.1, 0.15) is 0 Å². The van der Waals surface area contributed by atoms with Gasteiger partial charge in [-0.3, -0.25) is 9.78 Å². The van der Waals surface area contributed by atoms with Crippen molar-refractivity contribution in [3.8, 4) is 0 Å². The molecule has 1 aliphatic heterocycles. The van der Waals surface area contributed by atoms with Gasteiger partial charge in [-0.1, -0.05) is 13.8 Å². The number of aromatic nitrogens is 2. The minimum atomic E-state index is -0.765. The molecule has 1 fully saturated rings. The van der Waals surface area contributed by atoms with Crippen LogP contribution in [-0.4, -0.2) is 36.1 Å². The zero-order valence-corrected chi connectivity index (χ0v) is 10.1. The molecule has 0 aliphatic carbocycles. The first kappa shape index (κ1) is 12.0. The Morgan fingerprint density at radius 2 is 2.00 bits per heavy atom. The van der Waals surface area contributed by atoms with E-state index < -0.39 is 11.4 Å². The molecule has 6 heteroatoms. The highest BCUT2D eigenvalue weighted by Crippen LogP contribution is 2.16. The first-order valence-electron chi connectivity index (χ1n) is 5.85. The van der Waals surface area contributed by atoms with Crippen LogP contribution in [0.25, 0.3) is 0 Å². The largest absolute Gasteiger partial charge is 0.340 e. The van der Waals surface area contributed by atoms with Gasteiger partial charge in [-0.2, -0.15) is 4.39 Å². The van der Waals surface area contributed by atoms with Crippen LogP contribution in [0.1, 0.15) is 25.5 Å². The fourth-order valence-electron chi connectivity index (χ4n) is 1.87. The van der Waals surface area contributed by atoms with Gasteiger partial charge in [0.25, 0.3) is 5.56 Å². The molecule has 94 valence electrons. The van der Waals surface area contributed by atoms with Gasteiger partial charge in [-0.05, 0) is 5.92 Å². The van der Waals surface area contributed by atoms with Gasteiger partial charge < -0.3 is 10.2 Å². The topological polar surface area (TPSA) is 61.0 Å². The quantitative estimate of drug-likeness (QED) is 0.787. The van der Waals surface area contributed by atoms with Crippen molar-refractivity contribution >= 4 is 5.95 Å². The summed E-state index contributed by atoms with van der Waals surface area (Å²) in [5.41, 5.74) is -0.445. The summed E-state index contributed by atoms with van der Waals surface area (Å²) in [7, 11) is 0. The lowest BCUT2D eigenvalue weighted by Crippen LogP contribution is -2.45. The molecule has 5 nitrogen and oxygen atoms in total. The van der Waals surface area contributed by atoms with E-state index in [1.807, 2.05) is 18.7 Å². The predicted octanol–water partition coefficient (Wildman–Crippen LogP) is 0.442. The lowest BCUT2D eigenvalue weighted by molar-refractivity contribution is 0.547. The van der Waals surface area contributed by atoms with Crippen molar-refractivity contribution in [3.05, 3.63) is 21.9 Å². The van der Waals surface area contributed by atoms with E-state index in [1.54, 1.807) is 0 Å². The normalized spacial score (nSPS) is 16.6. The molecule has 17 heavy (non-hydrogen) atoms. The molecule has 1 aliphatic rings. The van der Waals surface area contributed by atoms with Gasteiger partial charge in [0, 0.05) is 26.2 Å². The molecule has 0 radical (unpaired) electrons. The molecular weight excluding hydrogens is 223 g/mol. The van der Waals surface area contributed by atoms with Crippen LogP contribution in [-0.2, 0) is 0 Å². The van der Waals surface area contributed by atoms with Crippen LogP contribution in [0.4, 0.5) is 10.3 Å². The third-order valence-corrected chi connectivity index (χ3v) is 2.84. The summed E-state index contributed by atoms with van der Waals surface area (Å²) in [5, 5.41) is 3.21. The maximum Gasteiger partial charge on any atom is 0.288 e. The summed E-state index contributed by atoms with van der Waals surface area (Å²) in [5.74, 6) is -0.389. The summed E-state index contributed by atoms with van der Waals surface area (Å²) >= 11 is 0. The van der Waals surface area contributed by atoms with Gasteiger partial charge in [-0.15, -0.1) is 0 Å². The molecule has 0 bridgehead atoms. The highest BCUT2D eigenvalue weighted by molar-refractivity contribution is 5.32. The van der Waals surface area contributed by atoms with Crippen molar-refractivity contribution in [3.63, 3.8) is 0 Å². The molecule has 1 saturated heterocycles.